The molecule has 0 radical (unpaired) electrons. The molecule has 1 aliphatic rings. The standard InChI is InChI=1S/C12H15N3O5/c1-5-2-6-3-15(12(19)14-10(6)13-5)11-9(18)8(17)7(4-16)20-11/h2-3,7-9,11,16-18H,4H2,1H3,(H,13,14,19)/t7-,8+,9?,11-/m1/s1. The third-order valence-corrected chi connectivity index (χ3v) is 3.46. The van der Waals surface area contributed by atoms with Crippen LogP contribution in [0.3, 0.4) is 0 Å². The van der Waals surface area contributed by atoms with Crippen molar-refractivity contribution in [2.45, 2.75) is 31.5 Å². The molecular weight excluding hydrogens is 266 g/mol. The normalized spacial score (nSPS) is 30.2. The first-order chi connectivity index (χ1) is 9.51. The average molecular weight is 281 g/mol. The number of nitrogens with zero attached hydrogens (tertiary/aromatic N) is 2. The fourth-order valence-corrected chi connectivity index (χ4v) is 2.44. The first kappa shape index (κ1) is 13.3. The molecule has 2 aromatic rings. The molecule has 0 bridgehead atoms. The van der Waals surface area contributed by atoms with Gasteiger partial charge in [-0.05, 0) is 13.0 Å². The van der Waals surface area contributed by atoms with Crippen LogP contribution in [0.2, 0.25) is 0 Å². The molecule has 1 fully saturated rings. The van der Waals surface area contributed by atoms with Crippen molar-refractivity contribution in [3.8, 4) is 0 Å². The summed E-state index contributed by atoms with van der Waals surface area (Å²) in [6.45, 7) is 1.39. The Hall–Kier alpha value is -1.74. The molecule has 8 nitrogen and oxygen atoms in total. The van der Waals surface area contributed by atoms with Gasteiger partial charge in [0.05, 0.1) is 6.61 Å². The number of aromatic nitrogens is 3. The van der Waals surface area contributed by atoms with Crippen LogP contribution in [0.15, 0.2) is 17.1 Å². The first-order valence-corrected chi connectivity index (χ1v) is 6.22. The fraction of sp³-hybridized carbons (Fsp3) is 0.500. The zero-order valence-electron chi connectivity index (χ0n) is 10.7. The second-order valence-corrected chi connectivity index (χ2v) is 4.92. The Bertz CT molecular complexity index is 694. The minimum Gasteiger partial charge on any atom is -0.394 e. The van der Waals surface area contributed by atoms with E-state index in [0.29, 0.717) is 11.0 Å². The number of aryl methyl sites for hydroxylation is 1. The van der Waals surface area contributed by atoms with Gasteiger partial charge in [-0.1, -0.05) is 0 Å². The van der Waals surface area contributed by atoms with Crippen LogP contribution in [0.4, 0.5) is 0 Å². The van der Waals surface area contributed by atoms with Gasteiger partial charge in [-0.3, -0.25) is 4.57 Å². The van der Waals surface area contributed by atoms with E-state index in [1.165, 1.54) is 6.20 Å². The number of ether oxygens (including phenoxy) is 1. The van der Waals surface area contributed by atoms with Gasteiger partial charge >= 0.3 is 5.69 Å². The van der Waals surface area contributed by atoms with E-state index in [0.717, 1.165) is 10.3 Å². The largest absolute Gasteiger partial charge is 0.394 e. The van der Waals surface area contributed by atoms with Crippen molar-refractivity contribution >= 4 is 11.0 Å². The second-order valence-electron chi connectivity index (χ2n) is 4.92. The number of H-pyrrole nitrogens is 1. The van der Waals surface area contributed by atoms with Crippen LogP contribution in [-0.2, 0) is 4.74 Å². The van der Waals surface area contributed by atoms with Crippen molar-refractivity contribution in [1.29, 1.82) is 0 Å². The number of aromatic amines is 1. The summed E-state index contributed by atoms with van der Waals surface area (Å²) in [5.41, 5.74) is 0.704. The molecule has 2 aromatic heterocycles. The summed E-state index contributed by atoms with van der Waals surface area (Å²) in [5, 5.41) is 29.4. The van der Waals surface area contributed by atoms with Gasteiger partial charge in [0.25, 0.3) is 0 Å². The maximum absolute atomic E-state index is 12.0. The van der Waals surface area contributed by atoms with Crippen LogP contribution in [0.1, 0.15) is 11.9 Å². The number of hydrogen-bond donors (Lipinski definition) is 4. The lowest BCUT2D eigenvalue weighted by Crippen LogP contribution is -2.35. The molecule has 3 heterocycles. The zero-order chi connectivity index (χ0) is 14.4. The van der Waals surface area contributed by atoms with E-state index in [1.54, 1.807) is 6.07 Å². The molecule has 4 N–H and O–H groups in total. The van der Waals surface area contributed by atoms with Crippen LogP contribution in [0, 0.1) is 6.92 Å². The minimum absolute atomic E-state index is 0.442. The van der Waals surface area contributed by atoms with Crippen molar-refractivity contribution in [3.05, 3.63) is 28.4 Å². The predicted molar refractivity (Wildman–Crippen MR) is 68.1 cm³/mol. The first-order valence-electron chi connectivity index (χ1n) is 6.22. The average Bonchev–Trinajstić information content (AvgIpc) is 2.89. The highest BCUT2D eigenvalue weighted by molar-refractivity contribution is 5.75. The maximum atomic E-state index is 12.0. The number of nitrogens with one attached hydrogen (secondary N) is 1. The topological polar surface area (TPSA) is 121 Å². The summed E-state index contributed by atoms with van der Waals surface area (Å²) in [4.78, 5) is 18.8. The van der Waals surface area contributed by atoms with E-state index in [9.17, 15) is 15.0 Å². The van der Waals surface area contributed by atoms with Gasteiger partial charge < -0.3 is 25.0 Å². The molecule has 0 aromatic carbocycles. The van der Waals surface area contributed by atoms with Gasteiger partial charge in [-0.15, -0.1) is 0 Å². The molecule has 108 valence electrons. The van der Waals surface area contributed by atoms with Crippen molar-refractivity contribution in [3.63, 3.8) is 0 Å². The Labute approximate surface area is 113 Å². The summed E-state index contributed by atoms with van der Waals surface area (Å²) in [7, 11) is 0. The number of fused-ring (bicyclic) bond motifs is 1. The van der Waals surface area contributed by atoms with E-state index in [-0.39, 0.29) is 0 Å². The molecule has 1 saturated heterocycles. The van der Waals surface area contributed by atoms with E-state index in [1.807, 2.05) is 6.92 Å². The summed E-state index contributed by atoms with van der Waals surface area (Å²) in [6.07, 6.45) is -3.04. The van der Waals surface area contributed by atoms with E-state index >= 15 is 0 Å². The smallest absolute Gasteiger partial charge is 0.351 e. The maximum Gasteiger partial charge on any atom is 0.351 e. The van der Waals surface area contributed by atoms with Gasteiger partial charge in [0.15, 0.2) is 6.23 Å². The molecule has 0 aliphatic carbocycles. The van der Waals surface area contributed by atoms with Crippen LogP contribution < -0.4 is 5.69 Å². The second kappa shape index (κ2) is 4.67. The molecule has 4 atom stereocenters. The van der Waals surface area contributed by atoms with E-state index in [4.69, 9.17) is 9.84 Å². The SMILES string of the molecule is Cc1cc2cn([C@@H]3O[C@H](CO)[C@H](O)C3O)c(=O)nc2[nH]1. The monoisotopic (exact) mass is 281 g/mol. The third-order valence-electron chi connectivity index (χ3n) is 3.46. The highest BCUT2D eigenvalue weighted by atomic mass is 16.6. The molecular formula is C12H15N3O5. The highest BCUT2D eigenvalue weighted by Crippen LogP contribution is 2.28. The van der Waals surface area contributed by atoms with Gasteiger partial charge in [-0.2, -0.15) is 4.98 Å². The summed E-state index contributed by atoms with van der Waals surface area (Å²) < 4.78 is 6.44. The van der Waals surface area contributed by atoms with Crippen LogP contribution >= 0.6 is 0 Å². The molecule has 0 spiro atoms. The molecule has 0 amide bonds. The van der Waals surface area contributed by atoms with E-state index < -0.39 is 36.8 Å². The zero-order valence-corrected chi connectivity index (χ0v) is 10.7. The number of rotatable bonds is 2. The van der Waals surface area contributed by atoms with Crippen molar-refractivity contribution in [2.75, 3.05) is 6.61 Å². The van der Waals surface area contributed by atoms with E-state index in [2.05, 4.69) is 9.97 Å². The highest BCUT2D eigenvalue weighted by Gasteiger charge is 2.43. The Morgan fingerprint density at radius 3 is 2.85 bits per heavy atom. The molecule has 0 saturated carbocycles. The lowest BCUT2D eigenvalue weighted by molar-refractivity contribution is -0.0547. The van der Waals surface area contributed by atoms with Crippen LogP contribution in [0.5, 0.6) is 0 Å². The molecule has 1 unspecified atom stereocenters. The van der Waals surface area contributed by atoms with Crippen LogP contribution in [-0.4, -0.2) is 54.8 Å². The van der Waals surface area contributed by atoms with Crippen molar-refractivity contribution < 1.29 is 20.1 Å². The molecule has 3 rings (SSSR count). The lowest BCUT2D eigenvalue weighted by atomic mass is 10.1. The minimum atomic E-state index is -1.30. The lowest BCUT2D eigenvalue weighted by Gasteiger charge is -2.16. The fourth-order valence-electron chi connectivity index (χ4n) is 2.44. The Kier molecular flexibility index (Phi) is 3.09. The third kappa shape index (κ3) is 1.93. The van der Waals surface area contributed by atoms with Gasteiger partial charge in [0, 0.05) is 17.3 Å². The summed E-state index contributed by atoms with van der Waals surface area (Å²) in [5.74, 6) is 0. The summed E-state index contributed by atoms with van der Waals surface area (Å²) >= 11 is 0. The number of aliphatic hydroxyl groups excluding tert-OH is 3. The van der Waals surface area contributed by atoms with Crippen molar-refractivity contribution in [1.82, 2.24) is 14.5 Å². The Balaban J connectivity index is 2.06. The molecule has 20 heavy (non-hydrogen) atoms. The summed E-state index contributed by atoms with van der Waals surface area (Å²) in [6, 6.07) is 1.81. The molecule has 8 heteroatoms. The molecule has 1 aliphatic heterocycles. The van der Waals surface area contributed by atoms with Crippen LogP contribution in [0.25, 0.3) is 11.0 Å². The van der Waals surface area contributed by atoms with Gasteiger partial charge in [0.1, 0.15) is 24.0 Å². The predicted octanol–water partition coefficient (Wildman–Crippen LogP) is -1.36. The number of hydrogen-bond acceptors (Lipinski definition) is 6. The van der Waals surface area contributed by atoms with Gasteiger partial charge in [0.2, 0.25) is 0 Å². The quantitative estimate of drug-likeness (QED) is 0.540. The Morgan fingerprint density at radius 1 is 1.45 bits per heavy atom. The Morgan fingerprint density at radius 2 is 2.20 bits per heavy atom. The number of aliphatic hydroxyl groups is 3. The van der Waals surface area contributed by atoms with Crippen molar-refractivity contribution in [2.24, 2.45) is 0 Å². The van der Waals surface area contributed by atoms with Gasteiger partial charge in [-0.25, -0.2) is 4.79 Å².